The van der Waals surface area contributed by atoms with Crippen molar-refractivity contribution in [2.24, 2.45) is 0 Å². The van der Waals surface area contributed by atoms with Crippen molar-refractivity contribution >= 4 is 23.4 Å². The highest BCUT2D eigenvalue weighted by Gasteiger charge is 2.17. The third kappa shape index (κ3) is 2.20. The zero-order valence-corrected chi connectivity index (χ0v) is 9.68. The molecule has 0 radical (unpaired) electrons. The average Bonchev–Trinajstić information content (AvgIpc) is 2.36. The molecular formula is C12H13BO4. The number of ether oxygens (including phenoxy) is 2. The van der Waals surface area contributed by atoms with E-state index >= 15 is 0 Å². The van der Waals surface area contributed by atoms with E-state index in [1.54, 1.807) is 19.2 Å². The fourth-order valence-electron chi connectivity index (χ4n) is 1.78. The standard InChI is InChI=1S/C12H13BO4/c1-16-10-4-3-8-6-11(13(14)15)12(17-2)7-9(8)5-10/h3-7,14-15H,1-2H3. The summed E-state index contributed by atoms with van der Waals surface area (Å²) >= 11 is 0. The number of hydrogen-bond acceptors (Lipinski definition) is 4. The predicted octanol–water partition coefficient (Wildman–Crippen LogP) is 0.537. The van der Waals surface area contributed by atoms with Crippen LogP contribution in [0.2, 0.25) is 0 Å². The summed E-state index contributed by atoms with van der Waals surface area (Å²) in [5.74, 6) is 1.19. The van der Waals surface area contributed by atoms with E-state index in [1.165, 1.54) is 7.11 Å². The molecule has 0 fully saturated rings. The molecule has 2 aromatic rings. The fraction of sp³-hybridized carbons (Fsp3) is 0.167. The van der Waals surface area contributed by atoms with E-state index < -0.39 is 7.12 Å². The Morgan fingerprint density at radius 2 is 1.71 bits per heavy atom. The van der Waals surface area contributed by atoms with Crippen LogP contribution in [0.3, 0.4) is 0 Å². The van der Waals surface area contributed by atoms with Crippen LogP contribution in [0.1, 0.15) is 0 Å². The van der Waals surface area contributed by atoms with E-state index in [0.29, 0.717) is 11.2 Å². The van der Waals surface area contributed by atoms with Crippen LogP contribution in [-0.2, 0) is 0 Å². The van der Waals surface area contributed by atoms with Gasteiger partial charge in [0.25, 0.3) is 0 Å². The molecule has 0 aliphatic heterocycles. The Labute approximate surface area is 99.6 Å². The highest BCUT2D eigenvalue weighted by atomic mass is 16.5. The van der Waals surface area contributed by atoms with Crippen molar-refractivity contribution in [3.63, 3.8) is 0 Å². The van der Waals surface area contributed by atoms with E-state index in [2.05, 4.69) is 0 Å². The summed E-state index contributed by atoms with van der Waals surface area (Å²) in [5, 5.41) is 20.3. The predicted molar refractivity (Wildman–Crippen MR) is 66.9 cm³/mol. The quantitative estimate of drug-likeness (QED) is 0.758. The van der Waals surface area contributed by atoms with Gasteiger partial charge in [-0.05, 0) is 29.0 Å². The van der Waals surface area contributed by atoms with Gasteiger partial charge in [-0.25, -0.2) is 0 Å². The van der Waals surface area contributed by atoms with Crippen LogP contribution in [0, 0.1) is 0 Å². The van der Waals surface area contributed by atoms with Crippen LogP contribution in [0.4, 0.5) is 0 Å². The summed E-state index contributed by atoms with van der Waals surface area (Å²) in [7, 11) is 1.55. The van der Waals surface area contributed by atoms with Crippen molar-refractivity contribution < 1.29 is 19.5 Å². The summed E-state index contributed by atoms with van der Waals surface area (Å²) in [6.45, 7) is 0. The SMILES string of the molecule is COc1ccc2cc(B(O)O)c(OC)cc2c1. The molecule has 0 amide bonds. The Kier molecular flexibility index (Phi) is 3.22. The molecule has 2 aromatic carbocycles. The molecule has 0 heterocycles. The first-order valence-corrected chi connectivity index (χ1v) is 5.17. The van der Waals surface area contributed by atoms with E-state index in [-0.39, 0.29) is 0 Å². The molecule has 2 N–H and O–H groups in total. The van der Waals surface area contributed by atoms with E-state index in [1.807, 2.05) is 18.2 Å². The lowest BCUT2D eigenvalue weighted by Crippen LogP contribution is -2.31. The normalized spacial score (nSPS) is 10.4. The number of benzene rings is 2. The average molecular weight is 232 g/mol. The molecule has 0 unspecified atom stereocenters. The van der Waals surface area contributed by atoms with Crippen LogP contribution in [-0.4, -0.2) is 31.4 Å². The second kappa shape index (κ2) is 4.65. The Morgan fingerprint density at radius 3 is 2.29 bits per heavy atom. The zero-order chi connectivity index (χ0) is 12.4. The largest absolute Gasteiger partial charge is 0.497 e. The van der Waals surface area contributed by atoms with Gasteiger partial charge < -0.3 is 19.5 Å². The van der Waals surface area contributed by atoms with Gasteiger partial charge in [-0.1, -0.05) is 12.1 Å². The molecule has 4 nitrogen and oxygen atoms in total. The van der Waals surface area contributed by atoms with Crippen molar-refractivity contribution in [1.29, 1.82) is 0 Å². The van der Waals surface area contributed by atoms with Crippen molar-refractivity contribution in [2.45, 2.75) is 0 Å². The monoisotopic (exact) mass is 232 g/mol. The lowest BCUT2D eigenvalue weighted by Gasteiger charge is -2.10. The molecule has 0 aromatic heterocycles. The molecule has 0 spiro atoms. The smallest absolute Gasteiger partial charge is 0.492 e. The number of methoxy groups -OCH3 is 2. The first kappa shape index (κ1) is 11.8. The summed E-state index contributed by atoms with van der Waals surface area (Å²) < 4.78 is 10.3. The molecule has 17 heavy (non-hydrogen) atoms. The molecule has 0 bridgehead atoms. The maximum Gasteiger partial charge on any atom is 0.492 e. The van der Waals surface area contributed by atoms with Crippen molar-refractivity contribution in [2.75, 3.05) is 14.2 Å². The molecule has 0 saturated carbocycles. The maximum absolute atomic E-state index is 9.25. The molecule has 88 valence electrons. The molecule has 0 aliphatic carbocycles. The summed E-state index contributed by atoms with van der Waals surface area (Å²) in [5.41, 5.74) is 0.352. The highest BCUT2D eigenvalue weighted by Crippen LogP contribution is 2.23. The summed E-state index contributed by atoms with van der Waals surface area (Å²) in [4.78, 5) is 0. The van der Waals surface area contributed by atoms with Gasteiger partial charge in [0.15, 0.2) is 0 Å². The third-order valence-corrected chi connectivity index (χ3v) is 2.67. The minimum absolute atomic E-state index is 0.352. The van der Waals surface area contributed by atoms with Gasteiger partial charge >= 0.3 is 7.12 Å². The molecule has 0 saturated heterocycles. The number of rotatable bonds is 3. The Morgan fingerprint density at radius 1 is 0.941 bits per heavy atom. The van der Waals surface area contributed by atoms with Crippen LogP contribution in [0.15, 0.2) is 30.3 Å². The third-order valence-electron chi connectivity index (χ3n) is 2.67. The van der Waals surface area contributed by atoms with E-state index in [4.69, 9.17) is 9.47 Å². The van der Waals surface area contributed by atoms with Crippen molar-refractivity contribution in [1.82, 2.24) is 0 Å². The number of hydrogen-bond donors (Lipinski definition) is 2. The first-order valence-electron chi connectivity index (χ1n) is 5.17. The molecule has 2 rings (SSSR count). The fourth-order valence-corrected chi connectivity index (χ4v) is 1.78. The van der Waals surface area contributed by atoms with Crippen LogP contribution in [0.5, 0.6) is 11.5 Å². The van der Waals surface area contributed by atoms with E-state index in [9.17, 15) is 10.0 Å². The minimum Gasteiger partial charge on any atom is -0.497 e. The van der Waals surface area contributed by atoms with Gasteiger partial charge in [-0.2, -0.15) is 0 Å². The topological polar surface area (TPSA) is 58.9 Å². The summed E-state index contributed by atoms with van der Waals surface area (Å²) in [6, 6.07) is 9.00. The first-order chi connectivity index (χ1) is 8.15. The van der Waals surface area contributed by atoms with Gasteiger partial charge in [0.2, 0.25) is 0 Å². The Bertz CT molecular complexity index is 539. The molecule has 0 aliphatic rings. The molecule has 0 atom stereocenters. The molecular weight excluding hydrogens is 219 g/mol. The maximum atomic E-state index is 9.25. The van der Waals surface area contributed by atoms with Gasteiger partial charge in [0, 0.05) is 5.46 Å². The zero-order valence-electron chi connectivity index (χ0n) is 9.68. The Hall–Kier alpha value is -1.72. The lowest BCUT2D eigenvalue weighted by atomic mass is 9.78. The second-order valence-electron chi connectivity index (χ2n) is 3.68. The lowest BCUT2D eigenvalue weighted by molar-refractivity contribution is 0.403. The number of fused-ring (bicyclic) bond motifs is 1. The minimum atomic E-state index is -1.54. The van der Waals surface area contributed by atoms with Crippen LogP contribution < -0.4 is 14.9 Å². The van der Waals surface area contributed by atoms with Gasteiger partial charge in [0.1, 0.15) is 11.5 Å². The van der Waals surface area contributed by atoms with Crippen molar-refractivity contribution in [3.05, 3.63) is 30.3 Å². The van der Waals surface area contributed by atoms with E-state index in [0.717, 1.165) is 16.5 Å². The van der Waals surface area contributed by atoms with Crippen molar-refractivity contribution in [3.8, 4) is 11.5 Å². The van der Waals surface area contributed by atoms with Crippen LogP contribution in [0.25, 0.3) is 10.8 Å². The Balaban J connectivity index is 2.65. The van der Waals surface area contributed by atoms with Crippen LogP contribution >= 0.6 is 0 Å². The molecule has 5 heteroatoms. The van der Waals surface area contributed by atoms with Gasteiger partial charge in [-0.15, -0.1) is 0 Å². The highest BCUT2D eigenvalue weighted by molar-refractivity contribution is 6.60. The summed E-state index contributed by atoms with van der Waals surface area (Å²) in [6.07, 6.45) is 0. The second-order valence-corrected chi connectivity index (χ2v) is 3.68. The van der Waals surface area contributed by atoms with Gasteiger partial charge in [-0.3, -0.25) is 0 Å². The van der Waals surface area contributed by atoms with Gasteiger partial charge in [0.05, 0.1) is 14.2 Å².